The second kappa shape index (κ2) is 53.2. The van der Waals surface area contributed by atoms with Gasteiger partial charge in [-0.2, -0.15) is 0 Å². The molecule has 0 spiro atoms. The highest BCUT2D eigenvalue weighted by Crippen LogP contribution is 2.45. The van der Waals surface area contributed by atoms with E-state index in [1.807, 2.05) is 62.4 Å². The number of aliphatic hydroxyl groups excluding tert-OH is 9. The molecule has 7 aromatic rings. The van der Waals surface area contributed by atoms with Gasteiger partial charge in [0.05, 0.1) is 86.1 Å². The average molecular weight is 2070 g/mol. The molecule has 148 heavy (non-hydrogen) atoms. The fourth-order valence-corrected chi connectivity index (χ4v) is 19.5. The molecule has 9 aliphatic rings. The molecule has 7 heterocycles. The minimum Gasteiger partial charge on any atom is -0.456 e. The highest BCUT2D eigenvalue weighted by Gasteiger charge is 2.61. The first-order valence-corrected chi connectivity index (χ1v) is 49.6. The highest BCUT2D eigenvalue weighted by molar-refractivity contribution is 5.90. The van der Waals surface area contributed by atoms with Crippen LogP contribution in [0.25, 0.3) is 0 Å². The Morgan fingerprint density at radius 3 is 1.40 bits per heavy atom. The molecule has 0 radical (unpaired) electrons. The number of ether oxygens (including phenoxy) is 21. The number of nitrogens with two attached hydrogens (primary N) is 5. The first-order chi connectivity index (χ1) is 71.5. The van der Waals surface area contributed by atoms with Gasteiger partial charge < -0.3 is 195 Å². The van der Waals surface area contributed by atoms with Crippen molar-refractivity contribution in [3.05, 3.63) is 251 Å². The van der Waals surface area contributed by atoms with Crippen LogP contribution in [-0.4, -0.2) is 336 Å². The summed E-state index contributed by atoms with van der Waals surface area (Å²) in [5.41, 5.74) is 34.3. The van der Waals surface area contributed by atoms with Crippen LogP contribution in [0.3, 0.4) is 0 Å². The van der Waals surface area contributed by atoms with Gasteiger partial charge in [0.1, 0.15) is 155 Å². The van der Waals surface area contributed by atoms with Crippen LogP contribution in [0.2, 0.25) is 0 Å². The van der Waals surface area contributed by atoms with Gasteiger partial charge in [-0.05, 0) is 72.2 Å². The number of esters is 2. The molecule has 3 amide bonds. The molecule has 40 unspecified atom stereocenters. The lowest BCUT2D eigenvalue weighted by atomic mass is 9.82. The smallest absolute Gasteiger partial charge is 0.407 e. The van der Waals surface area contributed by atoms with Crippen molar-refractivity contribution < 1.29 is 174 Å². The van der Waals surface area contributed by atoms with E-state index in [1.165, 1.54) is 12.1 Å². The Morgan fingerprint density at radius 2 is 0.851 bits per heavy atom. The number of carbonyl (C=O) groups excluding carboxylic acids is 6. The molecule has 40 atom stereocenters. The molecule has 44 nitrogen and oxygen atoms in total. The zero-order valence-electron chi connectivity index (χ0n) is 81.8. The molecule has 0 aromatic heterocycles. The normalized spacial score (nSPS) is 36.3. The maximum absolute atomic E-state index is 14.8. The molecule has 806 valence electrons. The molecule has 22 N–H and O–H groups in total. The summed E-state index contributed by atoms with van der Waals surface area (Å²) in [6.45, 7) is 4.52. The van der Waals surface area contributed by atoms with Gasteiger partial charge >= 0.3 is 30.2 Å². The van der Waals surface area contributed by atoms with E-state index in [1.54, 1.807) is 166 Å². The topological polar surface area (TPSA) is 645 Å². The van der Waals surface area contributed by atoms with Crippen molar-refractivity contribution in [1.29, 1.82) is 0 Å². The molecule has 44 heteroatoms. The second-order valence-electron chi connectivity index (χ2n) is 37.8. The van der Waals surface area contributed by atoms with E-state index in [-0.39, 0.29) is 63.4 Å². The molecule has 2 aliphatic carbocycles. The third kappa shape index (κ3) is 27.6. The van der Waals surface area contributed by atoms with Crippen LogP contribution >= 0.6 is 0 Å². The Bertz CT molecular complexity index is 5260. The molecule has 7 saturated heterocycles. The van der Waals surface area contributed by atoms with E-state index in [0.29, 0.717) is 35.0 Å². The summed E-state index contributed by atoms with van der Waals surface area (Å²) in [6.07, 6.45) is -42.5. The summed E-state index contributed by atoms with van der Waals surface area (Å²) in [5, 5.41) is 105. The van der Waals surface area contributed by atoms with Crippen molar-refractivity contribution in [3.63, 3.8) is 0 Å². The Morgan fingerprint density at radius 1 is 0.405 bits per heavy atom. The van der Waals surface area contributed by atoms with Crippen molar-refractivity contribution in [1.82, 2.24) is 16.0 Å². The number of aldehydes is 1. The Kier molecular flexibility index (Phi) is 40.2. The maximum Gasteiger partial charge on any atom is 0.407 e. The van der Waals surface area contributed by atoms with Crippen molar-refractivity contribution in [2.24, 2.45) is 40.5 Å². The van der Waals surface area contributed by atoms with Crippen LogP contribution in [0.15, 0.2) is 212 Å². The predicted octanol–water partition coefficient (Wildman–Crippen LogP) is 2.06. The van der Waals surface area contributed by atoms with E-state index in [0.717, 1.165) is 5.56 Å². The van der Waals surface area contributed by atoms with Gasteiger partial charge in [-0.15, -0.1) is 0 Å². The minimum atomic E-state index is -1.67. The van der Waals surface area contributed by atoms with Gasteiger partial charge in [-0.3, -0.25) is 0 Å². The maximum atomic E-state index is 14.8. The molecule has 7 aromatic carbocycles. The van der Waals surface area contributed by atoms with Crippen molar-refractivity contribution in [2.75, 3.05) is 33.0 Å². The first kappa shape index (κ1) is 112. The third-order valence-corrected chi connectivity index (χ3v) is 27.7. The standard InChI is InChI=1S/C74H83N3O21.C30H51N5O15/c1-5-54-44(3)59(93-66(80)49-31-19-10-20-32-49)57(77-74(84)89-42-48-29-17-9-18-30-48)70(90-54)97-63-55(6-2)91-71(65(63)85-38-37-78)98-64-60(94-67(81)50-33-21-11-22-34-50)52(75-72(82)87-40-46-25-13-7-14-26-46)39-53(76-73(83)88-41-47-27-15-8-16-28-47)61(64)95-68-45(4)58(79)62-56(92-68)43-86-69(96-62)51-35-23-12-24-36-51;31-11-6-12(32)23(47-28-16(33)20(41)19(40)14(7-36)45-28)25(18(11)39)49-30-26(44-9-13(38)10-4-2-1-3-5-10)24(15(8-37)46-30)48-29-17(34)21(42)22(43)27(35)50-29/h7-37,44-45,52-65,68-71,79H,5-6,38-43H2,1-4H3,(H,75,82)(H,76,83)(H,77,84);1-5,11-30,36-43H,6-9,31-35H2. The highest BCUT2D eigenvalue weighted by atomic mass is 16.8. The molecule has 2 saturated carbocycles. The van der Waals surface area contributed by atoms with Crippen LogP contribution in [0.4, 0.5) is 14.4 Å². The molecule has 16 rings (SSSR count). The fourth-order valence-electron chi connectivity index (χ4n) is 19.5. The summed E-state index contributed by atoms with van der Waals surface area (Å²) in [7, 11) is 0. The Hall–Kier alpha value is -10.2. The second-order valence-corrected chi connectivity index (χ2v) is 37.8. The van der Waals surface area contributed by atoms with Gasteiger partial charge in [0.25, 0.3) is 0 Å². The van der Waals surface area contributed by atoms with E-state index < -0.39 is 295 Å². The molecule has 0 bridgehead atoms. The largest absolute Gasteiger partial charge is 0.456 e. The number of amides is 3. The quantitative estimate of drug-likeness (QED) is 0.0150. The lowest BCUT2D eigenvalue weighted by molar-refractivity contribution is -0.366. The van der Waals surface area contributed by atoms with E-state index >= 15 is 0 Å². The Labute approximate surface area is 853 Å². The SMILES string of the molecule is CCC1OC(OC2C(CC)OC(OC3C(OC(=O)c4ccccc4)C(NC(=O)OCc4ccccc4)CC(NC(=O)OCc4ccccc4)C3OC3OC4COC(c5ccccc5)OC4C(O)C3C)C2OCC=O)C(NC(=O)OCc2ccccc2)C(OC(=O)c2ccccc2)C1C.NC1CC(N)C(OC2OC(CO)C(O)C(O)C2N)C(OC2OC(CO)C(OC3OC(N)C(O)C(O)C3N)C2OCC(O)c2ccccc2)C1O. The van der Waals surface area contributed by atoms with Crippen molar-refractivity contribution in [3.8, 4) is 0 Å². The van der Waals surface area contributed by atoms with Gasteiger partial charge in [0.2, 0.25) is 0 Å². The number of rotatable bonds is 37. The number of alkyl carbamates (subject to hydrolysis) is 3. The Balaban J connectivity index is 0.000000274. The number of nitrogens with one attached hydrogen (secondary N) is 3. The molecule has 7 aliphatic heterocycles. The lowest BCUT2D eigenvalue weighted by Gasteiger charge is -2.51. The summed E-state index contributed by atoms with van der Waals surface area (Å²) in [6, 6.07) is 53.0. The van der Waals surface area contributed by atoms with Crippen LogP contribution < -0.4 is 44.6 Å². The number of aliphatic hydroxyl groups is 9. The zero-order valence-corrected chi connectivity index (χ0v) is 81.8. The van der Waals surface area contributed by atoms with Gasteiger partial charge in [0.15, 0.2) is 50.1 Å². The van der Waals surface area contributed by atoms with E-state index in [9.17, 15) is 74.7 Å². The van der Waals surface area contributed by atoms with Gasteiger partial charge in [0, 0.05) is 29.5 Å². The van der Waals surface area contributed by atoms with Crippen molar-refractivity contribution >= 4 is 36.5 Å². The van der Waals surface area contributed by atoms with Gasteiger partial charge in [-0.1, -0.05) is 216 Å². The van der Waals surface area contributed by atoms with Crippen molar-refractivity contribution in [2.45, 2.75) is 306 Å². The summed E-state index contributed by atoms with van der Waals surface area (Å²) >= 11 is 0. The molecular formula is C104H134N8O36. The van der Waals surface area contributed by atoms with E-state index in [2.05, 4.69) is 16.0 Å². The third-order valence-electron chi connectivity index (χ3n) is 27.7. The minimum absolute atomic E-state index is 0.0457. The summed E-state index contributed by atoms with van der Waals surface area (Å²) < 4.78 is 133. The van der Waals surface area contributed by atoms with E-state index in [4.69, 9.17) is 128 Å². The number of benzene rings is 7. The van der Waals surface area contributed by atoms with Gasteiger partial charge in [-0.25, -0.2) is 24.0 Å². The number of fused-ring (bicyclic) bond motifs is 1. The van der Waals surface area contributed by atoms with Crippen LogP contribution in [0.5, 0.6) is 0 Å². The molecular weight excluding hydrogens is 1940 g/mol. The monoisotopic (exact) mass is 2070 g/mol. The van der Waals surface area contributed by atoms with Crippen LogP contribution in [0, 0.1) is 11.8 Å². The van der Waals surface area contributed by atoms with Crippen LogP contribution in [0.1, 0.15) is 114 Å². The molecule has 9 fully saturated rings. The van der Waals surface area contributed by atoms with Crippen LogP contribution in [-0.2, 0) is 124 Å². The summed E-state index contributed by atoms with van der Waals surface area (Å²) in [5.74, 6) is -2.98. The lowest BCUT2D eigenvalue weighted by Crippen LogP contribution is -2.69. The average Bonchev–Trinajstić information content (AvgIpc) is 1.61. The predicted molar refractivity (Wildman–Crippen MR) is 515 cm³/mol. The summed E-state index contributed by atoms with van der Waals surface area (Å²) in [4.78, 5) is 84.5. The number of hydrogen-bond donors (Lipinski definition) is 17. The number of hydrogen-bond acceptors (Lipinski definition) is 41. The first-order valence-electron chi connectivity index (χ1n) is 49.6. The fraction of sp³-hybridized carbons (Fsp3) is 0.538. The number of carbonyl (C=O) groups is 6. The zero-order chi connectivity index (χ0) is 105.